The predicted octanol–water partition coefficient (Wildman–Crippen LogP) is 2.07. The molecule has 0 aliphatic heterocycles. The van der Waals surface area contributed by atoms with Gasteiger partial charge in [0.15, 0.2) is 11.5 Å². The van der Waals surface area contributed by atoms with Crippen molar-refractivity contribution in [3.05, 3.63) is 53.3 Å². The van der Waals surface area contributed by atoms with E-state index in [1.165, 1.54) is 7.11 Å². The molecule has 7 nitrogen and oxygen atoms in total. The van der Waals surface area contributed by atoms with E-state index in [1.54, 1.807) is 24.3 Å². The number of nitrogens with one attached hydrogen (secondary N) is 1. The first kappa shape index (κ1) is 18.0. The number of carbonyl (C=O) groups is 1. The van der Waals surface area contributed by atoms with E-state index in [9.17, 15) is 15.2 Å². The molecule has 27 heavy (non-hydrogen) atoms. The summed E-state index contributed by atoms with van der Waals surface area (Å²) >= 11 is 0. The van der Waals surface area contributed by atoms with Gasteiger partial charge in [0.25, 0.3) is 0 Å². The zero-order valence-corrected chi connectivity index (χ0v) is 14.8. The van der Waals surface area contributed by atoms with E-state index in [0.29, 0.717) is 22.7 Å². The fraction of sp³-hybridized carbons (Fsp3) is 0.150. The van der Waals surface area contributed by atoms with Gasteiger partial charge in [0.05, 0.1) is 29.7 Å². The number of nitriles is 1. The average Bonchev–Trinajstić information content (AvgIpc) is 3.07. The number of allylic oxidation sites excluding steroid dienone is 1. The summed E-state index contributed by atoms with van der Waals surface area (Å²) in [7, 11) is 1.45. The minimum Gasteiger partial charge on any atom is -0.546 e. The molecule has 0 saturated carbocycles. The van der Waals surface area contributed by atoms with Crippen molar-refractivity contribution >= 4 is 28.7 Å². The van der Waals surface area contributed by atoms with Crippen LogP contribution >= 0.6 is 0 Å². The molecule has 0 spiro atoms. The zero-order chi connectivity index (χ0) is 19.4. The highest BCUT2D eigenvalue weighted by Crippen LogP contribution is 2.29. The Balaban J connectivity index is 1.94. The maximum atomic E-state index is 10.5. The van der Waals surface area contributed by atoms with Crippen LogP contribution in [0.4, 0.5) is 0 Å². The number of fused-ring (bicyclic) bond motifs is 1. The molecular weight excluding hydrogens is 346 g/mol. The first-order valence-electron chi connectivity index (χ1n) is 8.09. The third-order valence-electron chi connectivity index (χ3n) is 3.86. The molecule has 0 aliphatic carbocycles. The first-order chi connectivity index (χ1) is 13.0. The van der Waals surface area contributed by atoms with Crippen LogP contribution in [0, 0.1) is 18.3 Å². The van der Waals surface area contributed by atoms with E-state index >= 15 is 0 Å². The Kier molecular flexibility index (Phi) is 5.08. The number of aliphatic carboxylic acids is 1. The number of methoxy groups -OCH3 is 1. The van der Waals surface area contributed by atoms with Crippen molar-refractivity contribution in [1.82, 2.24) is 9.97 Å². The van der Waals surface area contributed by atoms with Gasteiger partial charge in [-0.3, -0.25) is 0 Å². The van der Waals surface area contributed by atoms with Crippen molar-refractivity contribution < 1.29 is 19.4 Å². The number of carboxylic acids is 1. The molecule has 0 radical (unpaired) electrons. The highest BCUT2D eigenvalue weighted by atomic mass is 16.5. The Bertz CT molecular complexity index is 1080. The van der Waals surface area contributed by atoms with Gasteiger partial charge in [-0.15, -0.1) is 0 Å². The number of H-pyrrole nitrogens is 1. The molecule has 0 aliphatic rings. The summed E-state index contributed by atoms with van der Waals surface area (Å²) in [6, 6.07) is 12.9. The van der Waals surface area contributed by atoms with E-state index in [4.69, 9.17) is 9.47 Å². The Labute approximate surface area is 155 Å². The van der Waals surface area contributed by atoms with Crippen LogP contribution in [0.5, 0.6) is 11.5 Å². The molecular formula is C20H16N3O4-. The zero-order valence-electron chi connectivity index (χ0n) is 14.8. The number of rotatable bonds is 6. The molecule has 136 valence electrons. The van der Waals surface area contributed by atoms with Gasteiger partial charge in [0, 0.05) is 0 Å². The second kappa shape index (κ2) is 7.62. The quantitative estimate of drug-likeness (QED) is 0.672. The van der Waals surface area contributed by atoms with Gasteiger partial charge < -0.3 is 24.4 Å². The van der Waals surface area contributed by atoms with Crippen molar-refractivity contribution in [3.63, 3.8) is 0 Å². The van der Waals surface area contributed by atoms with Gasteiger partial charge in [-0.1, -0.05) is 12.1 Å². The largest absolute Gasteiger partial charge is 0.546 e. The highest BCUT2D eigenvalue weighted by Gasteiger charge is 2.10. The smallest absolute Gasteiger partial charge is 0.161 e. The summed E-state index contributed by atoms with van der Waals surface area (Å²) in [6.07, 6.45) is 1.66. The van der Waals surface area contributed by atoms with Crippen LogP contribution in [0.1, 0.15) is 17.0 Å². The van der Waals surface area contributed by atoms with Crippen LogP contribution in [0.15, 0.2) is 36.4 Å². The Morgan fingerprint density at radius 1 is 1.30 bits per heavy atom. The summed E-state index contributed by atoms with van der Waals surface area (Å²) in [4.78, 5) is 18.1. The van der Waals surface area contributed by atoms with E-state index in [1.807, 2.05) is 25.1 Å². The molecule has 0 bridgehead atoms. The fourth-order valence-electron chi connectivity index (χ4n) is 2.60. The van der Waals surface area contributed by atoms with E-state index in [2.05, 4.69) is 16.0 Å². The third kappa shape index (κ3) is 4.07. The molecule has 0 saturated heterocycles. The number of imidazole rings is 1. The van der Waals surface area contributed by atoms with Gasteiger partial charge in [0.1, 0.15) is 18.5 Å². The van der Waals surface area contributed by atoms with E-state index in [0.717, 1.165) is 16.6 Å². The SMILES string of the molecule is COc1cc(/C=C(\C#N)c2nc3ccc(C)cc3[nH]2)ccc1OCC(=O)[O-]. The molecule has 1 N–H and O–H groups in total. The minimum atomic E-state index is -1.33. The molecule has 0 unspecified atom stereocenters. The van der Waals surface area contributed by atoms with Crippen molar-refractivity contribution in [2.24, 2.45) is 0 Å². The Hall–Kier alpha value is -3.79. The van der Waals surface area contributed by atoms with Crippen LogP contribution < -0.4 is 14.6 Å². The molecule has 1 heterocycles. The van der Waals surface area contributed by atoms with Crippen LogP contribution in [-0.4, -0.2) is 29.7 Å². The van der Waals surface area contributed by atoms with Crippen molar-refractivity contribution in [1.29, 1.82) is 5.26 Å². The fourth-order valence-corrected chi connectivity index (χ4v) is 2.60. The number of aromatic amines is 1. The normalized spacial score (nSPS) is 11.2. The second-order valence-corrected chi connectivity index (χ2v) is 5.85. The molecule has 0 atom stereocenters. The van der Waals surface area contributed by atoms with Crippen molar-refractivity contribution in [2.45, 2.75) is 6.92 Å². The number of hydrogen-bond donors (Lipinski definition) is 1. The van der Waals surface area contributed by atoms with Crippen molar-refractivity contribution in [2.75, 3.05) is 13.7 Å². The van der Waals surface area contributed by atoms with Crippen LogP contribution in [0.3, 0.4) is 0 Å². The summed E-state index contributed by atoms with van der Waals surface area (Å²) in [5.41, 5.74) is 3.77. The van der Waals surface area contributed by atoms with E-state index in [-0.39, 0.29) is 5.75 Å². The van der Waals surface area contributed by atoms with Gasteiger partial charge in [-0.25, -0.2) is 4.98 Å². The Morgan fingerprint density at radius 2 is 2.11 bits per heavy atom. The average molecular weight is 362 g/mol. The van der Waals surface area contributed by atoms with Gasteiger partial charge in [-0.2, -0.15) is 5.26 Å². The topological polar surface area (TPSA) is 111 Å². The second-order valence-electron chi connectivity index (χ2n) is 5.85. The number of aryl methyl sites for hydroxylation is 1. The number of carboxylic acid groups (broad SMARTS) is 1. The third-order valence-corrected chi connectivity index (χ3v) is 3.86. The molecule has 3 aromatic rings. The van der Waals surface area contributed by atoms with Crippen LogP contribution in [0.2, 0.25) is 0 Å². The summed E-state index contributed by atoms with van der Waals surface area (Å²) < 4.78 is 10.3. The van der Waals surface area contributed by atoms with Crippen LogP contribution in [-0.2, 0) is 4.79 Å². The molecule has 0 fully saturated rings. The Morgan fingerprint density at radius 3 is 2.81 bits per heavy atom. The van der Waals surface area contributed by atoms with Gasteiger partial charge >= 0.3 is 0 Å². The number of aromatic nitrogens is 2. The maximum absolute atomic E-state index is 10.5. The molecule has 3 rings (SSSR count). The lowest BCUT2D eigenvalue weighted by Crippen LogP contribution is -2.29. The lowest BCUT2D eigenvalue weighted by molar-refractivity contribution is -0.307. The van der Waals surface area contributed by atoms with Crippen LogP contribution in [0.25, 0.3) is 22.7 Å². The summed E-state index contributed by atoms with van der Waals surface area (Å²) in [5.74, 6) is -0.235. The van der Waals surface area contributed by atoms with Gasteiger partial charge in [0.2, 0.25) is 0 Å². The minimum absolute atomic E-state index is 0.275. The van der Waals surface area contributed by atoms with Gasteiger partial charge in [-0.05, 0) is 48.4 Å². The molecule has 7 heteroatoms. The standard InChI is InChI=1S/C20H17N3O4/c1-12-3-5-15-16(7-12)23-20(22-15)14(10-21)8-13-4-6-17(18(9-13)26-2)27-11-19(24)25/h3-9H,11H2,1-2H3,(H,22,23)(H,24,25)/p-1/b14-8+. The number of carbonyl (C=O) groups excluding carboxylic acids is 1. The monoisotopic (exact) mass is 362 g/mol. The number of nitrogens with zero attached hydrogens (tertiary/aromatic N) is 2. The molecule has 2 aromatic carbocycles. The lowest BCUT2D eigenvalue weighted by atomic mass is 10.1. The summed E-state index contributed by atoms with van der Waals surface area (Å²) in [5, 5.41) is 20.1. The highest BCUT2D eigenvalue weighted by molar-refractivity contribution is 5.90. The predicted molar refractivity (Wildman–Crippen MR) is 97.8 cm³/mol. The molecule has 0 amide bonds. The number of ether oxygens (including phenoxy) is 2. The summed E-state index contributed by atoms with van der Waals surface area (Å²) in [6.45, 7) is 1.41. The first-order valence-corrected chi connectivity index (χ1v) is 8.09. The maximum Gasteiger partial charge on any atom is 0.161 e. The van der Waals surface area contributed by atoms with Crippen molar-refractivity contribution in [3.8, 4) is 17.6 Å². The van der Waals surface area contributed by atoms with E-state index < -0.39 is 12.6 Å². The lowest BCUT2D eigenvalue weighted by Gasteiger charge is -2.11. The molecule has 1 aromatic heterocycles. The number of hydrogen-bond acceptors (Lipinski definition) is 6. The number of benzene rings is 2.